The molecule has 0 aromatic heterocycles. The van der Waals surface area contributed by atoms with E-state index in [1.807, 2.05) is 13.8 Å². The van der Waals surface area contributed by atoms with E-state index in [2.05, 4.69) is 21.2 Å². The van der Waals surface area contributed by atoms with Crippen LogP contribution in [0.25, 0.3) is 0 Å². The lowest BCUT2D eigenvalue weighted by Crippen LogP contribution is -2.56. The Kier molecular flexibility index (Phi) is 4.29. The minimum atomic E-state index is -3.79. The fourth-order valence-corrected chi connectivity index (χ4v) is 4.23. The zero-order valence-electron chi connectivity index (χ0n) is 10.7. The third-order valence-electron chi connectivity index (χ3n) is 3.19. The van der Waals surface area contributed by atoms with Crippen LogP contribution >= 0.6 is 15.9 Å². The molecule has 7 heteroatoms. The second-order valence-corrected chi connectivity index (χ2v) is 7.58. The van der Waals surface area contributed by atoms with Gasteiger partial charge in [0.05, 0.1) is 0 Å². The first-order chi connectivity index (χ1) is 8.82. The maximum atomic E-state index is 13.9. The van der Waals surface area contributed by atoms with Crippen molar-refractivity contribution < 1.29 is 12.8 Å². The molecule has 0 spiro atoms. The molecule has 1 aliphatic rings. The van der Waals surface area contributed by atoms with Crippen LogP contribution in [0.4, 0.5) is 4.39 Å². The quantitative estimate of drug-likeness (QED) is 0.886. The number of benzene rings is 1. The molecular formula is C12H16BrFN2O2S. The lowest BCUT2D eigenvalue weighted by Gasteiger charge is -2.36. The first kappa shape index (κ1) is 14.9. The van der Waals surface area contributed by atoms with E-state index in [-0.39, 0.29) is 17.0 Å². The van der Waals surface area contributed by atoms with Gasteiger partial charge in [-0.05, 0) is 32.0 Å². The summed E-state index contributed by atoms with van der Waals surface area (Å²) >= 11 is 3.12. The Bertz CT molecular complexity index is 579. The molecule has 0 aliphatic carbocycles. The Morgan fingerprint density at radius 2 is 2.11 bits per heavy atom. The molecule has 4 nitrogen and oxygen atoms in total. The highest BCUT2D eigenvalue weighted by Gasteiger charge is 2.34. The number of halogens is 2. The molecule has 1 aromatic carbocycles. The number of rotatable bonds is 2. The predicted octanol–water partition coefficient (Wildman–Crippen LogP) is 1.96. The van der Waals surface area contributed by atoms with Gasteiger partial charge in [0.15, 0.2) is 0 Å². The molecule has 0 amide bonds. The first-order valence-electron chi connectivity index (χ1n) is 6.02. The first-order valence-corrected chi connectivity index (χ1v) is 8.26. The minimum Gasteiger partial charge on any atom is -0.311 e. The fraction of sp³-hybridized carbons (Fsp3) is 0.500. The van der Waals surface area contributed by atoms with Crippen molar-refractivity contribution in [3.63, 3.8) is 0 Å². The Morgan fingerprint density at radius 1 is 1.42 bits per heavy atom. The van der Waals surface area contributed by atoms with Crippen LogP contribution < -0.4 is 5.32 Å². The molecule has 106 valence electrons. The van der Waals surface area contributed by atoms with Gasteiger partial charge in [0.2, 0.25) is 10.0 Å². The van der Waals surface area contributed by atoms with Crippen LogP contribution in [0, 0.1) is 5.82 Å². The van der Waals surface area contributed by atoms with Crippen molar-refractivity contribution in [1.29, 1.82) is 0 Å². The highest BCUT2D eigenvalue weighted by atomic mass is 79.9. The van der Waals surface area contributed by atoms with E-state index < -0.39 is 15.8 Å². The number of piperazine rings is 1. The van der Waals surface area contributed by atoms with Crippen molar-refractivity contribution in [2.45, 2.75) is 30.8 Å². The van der Waals surface area contributed by atoms with Gasteiger partial charge in [-0.2, -0.15) is 4.31 Å². The van der Waals surface area contributed by atoms with Crippen LogP contribution in [0.1, 0.15) is 13.8 Å². The number of nitrogens with zero attached hydrogens (tertiary/aromatic N) is 1. The van der Waals surface area contributed by atoms with E-state index in [4.69, 9.17) is 0 Å². The van der Waals surface area contributed by atoms with Gasteiger partial charge >= 0.3 is 0 Å². The van der Waals surface area contributed by atoms with Crippen molar-refractivity contribution >= 4 is 26.0 Å². The molecule has 0 radical (unpaired) electrons. The van der Waals surface area contributed by atoms with Gasteiger partial charge in [-0.25, -0.2) is 12.8 Å². The van der Waals surface area contributed by atoms with Crippen LogP contribution in [0.5, 0.6) is 0 Å². The summed E-state index contributed by atoms with van der Waals surface area (Å²) in [6.45, 7) is 4.64. The summed E-state index contributed by atoms with van der Waals surface area (Å²) in [5.74, 6) is -0.729. The van der Waals surface area contributed by atoms with Gasteiger partial charge in [0.1, 0.15) is 10.7 Å². The third-order valence-corrected chi connectivity index (χ3v) is 5.69. The van der Waals surface area contributed by atoms with Gasteiger partial charge in [0.25, 0.3) is 0 Å². The molecule has 0 saturated carbocycles. The summed E-state index contributed by atoms with van der Waals surface area (Å²) in [5.41, 5.74) is 0. The Hall–Kier alpha value is -0.500. The zero-order valence-corrected chi connectivity index (χ0v) is 13.1. The zero-order chi connectivity index (χ0) is 14.2. The molecule has 1 aromatic rings. The predicted molar refractivity (Wildman–Crippen MR) is 74.9 cm³/mol. The second-order valence-electron chi connectivity index (χ2n) is 4.81. The van der Waals surface area contributed by atoms with Gasteiger partial charge < -0.3 is 5.32 Å². The Labute approximate surface area is 121 Å². The number of hydrogen-bond acceptors (Lipinski definition) is 3. The average molecular weight is 351 g/mol. The number of hydrogen-bond donors (Lipinski definition) is 1. The number of nitrogens with one attached hydrogen (secondary N) is 1. The summed E-state index contributed by atoms with van der Waals surface area (Å²) < 4.78 is 40.8. The third kappa shape index (κ3) is 2.99. The van der Waals surface area contributed by atoms with Gasteiger partial charge in [0, 0.05) is 29.6 Å². The SMILES string of the molecule is CC1CN(S(=O)(=O)c2ccc(Br)cc2F)C(C)CN1. The summed E-state index contributed by atoms with van der Waals surface area (Å²) in [6, 6.07) is 3.87. The van der Waals surface area contributed by atoms with Crippen molar-refractivity contribution in [1.82, 2.24) is 9.62 Å². The molecule has 2 atom stereocenters. The van der Waals surface area contributed by atoms with Crippen molar-refractivity contribution in [3.8, 4) is 0 Å². The van der Waals surface area contributed by atoms with Crippen LogP contribution in [0.15, 0.2) is 27.6 Å². The van der Waals surface area contributed by atoms with Crippen LogP contribution in [0.2, 0.25) is 0 Å². The highest BCUT2D eigenvalue weighted by Crippen LogP contribution is 2.25. The van der Waals surface area contributed by atoms with Crippen LogP contribution in [-0.4, -0.2) is 37.9 Å². The summed E-state index contributed by atoms with van der Waals surface area (Å²) in [7, 11) is -3.79. The van der Waals surface area contributed by atoms with Gasteiger partial charge in [-0.1, -0.05) is 15.9 Å². The molecule has 1 aliphatic heterocycles. The Balaban J connectivity index is 2.41. The van der Waals surface area contributed by atoms with E-state index in [1.54, 1.807) is 0 Å². The molecule has 2 rings (SSSR count). The highest BCUT2D eigenvalue weighted by molar-refractivity contribution is 9.10. The van der Waals surface area contributed by atoms with Crippen LogP contribution in [0.3, 0.4) is 0 Å². The largest absolute Gasteiger partial charge is 0.311 e. The molecule has 1 N–H and O–H groups in total. The van der Waals surface area contributed by atoms with E-state index in [0.717, 1.165) is 0 Å². The Morgan fingerprint density at radius 3 is 2.74 bits per heavy atom. The molecule has 0 bridgehead atoms. The van der Waals surface area contributed by atoms with Gasteiger partial charge in [-0.15, -0.1) is 0 Å². The van der Waals surface area contributed by atoms with E-state index in [1.165, 1.54) is 22.5 Å². The minimum absolute atomic E-state index is 0.0597. The van der Waals surface area contributed by atoms with E-state index in [9.17, 15) is 12.8 Å². The lowest BCUT2D eigenvalue weighted by molar-refractivity contribution is 0.244. The monoisotopic (exact) mass is 350 g/mol. The molecule has 1 saturated heterocycles. The summed E-state index contributed by atoms with van der Waals surface area (Å²) in [4.78, 5) is -0.267. The van der Waals surface area contributed by atoms with Crippen molar-refractivity contribution in [2.24, 2.45) is 0 Å². The molecular weight excluding hydrogens is 335 g/mol. The summed E-state index contributed by atoms with van der Waals surface area (Å²) in [6.07, 6.45) is 0. The fourth-order valence-electron chi connectivity index (χ4n) is 2.13. The molecule has 19 heavy (non-hydrogen) atoms. The van der Waals surface area contributed by atoms with E-state index in [0.29, 0.717) is 17.6 Å². The normalized spacial score (nSPS) is 25.5. The smallest absolute Gasteiger partial charge is 0.246 e. The van der Waals surface area contributed by atoms with Crippen molar-refractivity contribution in [3.05, 3.63) is 28.5 Å². The maximum absolute atomic E-state index is 13.9. The summed E-state index contributed by atoms with van der Waals surface area (Å²) in [5, 5.41) is 3.20. The molecule has 2 unspecified atom stereocenters. The van der Waals surface area contributed by atoms with Crippen LogP contribution in [-0.2, 0) is 10.0 Å². The van der Waals surface area contributed by atoms with E-state index >= 15 is 0 Å². The molecule has 1 fully saturated rings. The topological polar surface area (TPSA) is 49.4 Å². The number of sulfonamides is 1. The van der Waals surface area contributed by atoms with Gasteiger partial charge in [-0.3, -0.25) is 0 Å². The maximum Gasteiger partial charge on any atom is 0.246 e. The van der Waals surface area contributed by atoms with Crippen molar-refractivity contribution in [2.75, 3.05) is 13.1 Å². The lowest BCUT2D eigenvalue weighted by atomic mass is 10.2. The standard InChI is InChI=1S/C12H16BrFN2O2S/c1-8-7-16(9(2)6-15-8)19(17,18)12-4-3-10(13)5-11(12)14/h3-5,8-9,15H,6-7H2,1-2H3. The average Bonchev–Trinajstić information content (AvgIpc) is 2.31. The second kappa shape index (κ2) is 5.47. The molecule has 1 heterocycles.